The second-order valence-corrected chi connectivity index (χ2v) is 3.77. The zero-order chi connectivity index (χ0) is 8.01. The summed E-state index contributed by atoms with van der Waals surface area (Å²) in [5, 5.41) is 0. The molecule has 0 aromatic heterocycles. The summed E-state index contributed by atoms with van der Waals surface area (Å²) in [6.45, 7) is 2.03. The van der Waals surface area contributed by atoms with Gasteiger partial charge in [0.2, 0.25) is 0 Å². The maximum atomic E-state index is 11.1. The van der Waals surface area contributed by atoms with Gasteiger partial charge < -0.3 is 4.79 Å². The van der Waals surface area contributed by atoms with Crippen LogP contribution < -0.4 is 0 Å². The molecule has 0 saturated heterocycles. The van der Waals surface area contributed by atoms with Crippen molar-refractivity contribution in [3.05, 3.63) is 0 Å². The predicted octanol–water partition coefficient (Wildman–Crippen LogP) is 1.05. The quantitative estimate of drug-likeness (QED) is 0.526. The molecule has 0 N–H and O–H groups in total. The Morgan fingerprint density at radius 2 is 2.18 bits per heavy atom. The molecule has 0 aromatic carbocycles. The molecule has 0 amide bonds. The fraction of sp³-hybridized carbons (Fsp3) is 0.778. The van der Waals surface area contributed by atoms with Crippen LogP contribution in [0.2, 0.25) is 0 Å². The van der Waals surface area contributed by atoms with Crippen molar-refractivity contribution in [3.63, 3.8) is 0 Å². The van der Waals surface area contributed by atoms with Crippen molar-refractivity contribution in [1.29, 1.82) is 0 Å². The molecule has 11 heavy (non-hydrogen) atoms. The highest BCUT2D eigenvalue weighted by molar-refractivity contribution is 6.00. The summed E-state index contributed by atoms with van der Waals surface area (Å²) in [6.07, 6.45) is 2.90. The molecule has 2 fully saturated rings. The molecule has 0 bridgehead atoms. The number of hydrogen-bond donors (Lipinski definition) is 0. The van der Waals surface area contributed by atoms with E-state index in [0.717, 1.165) is 19.1 Å². The Balaban J connectivity index is 2.11. The number of ketones is 1. The van der Waals surface area contributed by atoms with E-state index in [-0.39, 0.29) is 11.8 Å². The van der Waals surface area contributed by atoms with Gasteiger partial charge in [0.15, 0.2) is 0 Å². The number of carbonyl (C=O) groups excluding carboxylic acids is 2. The number of hydrogen-bond acceptors (Lipinski definition) is 2. The van der Waals surface area contributed by atoms with E-state index in [4.69, 9.17) is 0 Å². The van der Waals surface area contributed by atoms with Crippen LogP contribution in [-0.4, -0.2) is 12.1 Å². The van der Waals surface area contributed by atoms with E-state index in [1.54, 1.807) is 0 Å². The SMILES string of the molecule is CC1C(C=O)CCC2C(=O)C21. The fourth-order valence-electron chi connectivity index (χ4n) is 2.35. The van der Waals surface area contributed by atoms with Crippen LogP contribution in [0.3, 0.4) is 0 Å². The number of carbonyl (C=O) groups is 2. The van der Waals surface area contributed by atoms with Gasteiger partial charge >= 0.3 is 0 Å². The average molecular weight is 152 g/mol. The Morgan fingerprint density at radius 1 is 1.45 bits per heavy atom. The molecule has 2 saturated carbocycles. The van der Waals surface area contributed by atoms with E-state index in [1.807, 2.05) is 6.92 Å². The molecule has 2 aliphatic rings. The molecule has 0 aromatic rings. The number of rotatable bonds is 1. The Bertz CT molecular complexity index is 208. The smallest absolute Gasteiger partial charge is 0.140 e. The molecule has 2 rings (SSSR count). The van der Waals surface area contributed by atoms with Crippen LogP contribution in [-0.2, 0) is 9.59 Å². The number of aldehydes is 1. The maximum Gasteiger partial charge on any atom is 0.140 e. The normalized spacial score (nSPS) is 48.3. The van der Waals surface area contributed by atoms with Crippen LogP contribution in [0.1, 0.15) is 19.8 Å². The minimum absolute atomic E-state index is 0.155. The summed E-state index contributed by atoms with van der Waals surface area (Å²) >= 11 is 0. The molecular formula is C9H12O2. The van der Waals surface area contributed by atoms with Gasteiger partial charge in [0, 0.05) is 17.8 Å². The van der Waals surface area contributed by atoms with Gasteiger partial charge in [-0.2, -0.15) is 0 Å². The lowest BCUT2D eigenvalue weighted by Crippen LogP contribution is -2.20. The summed E-state index contributed by atoms with van der Waals surface area (Å²) in [6, 6.07) is 0. The monoisotopic (exact) mass is 152 g/mol. The first-order chi connectivity index (χ1) is 5.25. The third kappa shape index (κ3) is 0.849. The number of Topliss-reactive ketones (excluding diaryl/α,β-unsaturated/α-hetero) is 1. The second-order valence-electron chi connectivity index (χ2n) is 3.77. The Hall–Kier alpha value is -0.660. The van der Waals surface area contributed by atoms with Crippen LogP contribution in [0.4, 0.5) is 0 Å². The Labute approximate surface area is 66.0 Å². The third-order valence-electron chi connectivity index (χ3n) is 3.25. The first-order valence-electron chi connectivity index (χ1n) is 4.24. The molecule has 60 valence electrons. The largest absolute Gasteiger partial charge is 0.303 e. The first kappa shape index (κ1) is 7.01. The molecule has 4 unspecified atom stereocenters. The molecular weight excluding hydrogens is 140 g/mol. The molecule has 2 aliphatic carbocycles. The zero-order valence-corrected chi connectivity index (χ0v) is 6.62. The van der Waals surface area contributed by atoms with Crippen LogP contribution in [0, 0.1) is 23.7 Å². The van der Waals surface area contributed by atoms with Crippen molar-refractivity contribution in [1.82, 2.24) is 0 Å². The van der Waals surface area contributed by atoms with Crippen LogP contribution >= 0.6 is 0 Å². The molecule has 2 nitrogen and oxygen atoms in total. The van der Waals surface area contributed by atoms with Gasteiger partial charge in [0.25, 0.3) is 0 Å². The fourth-order valence-corrected chi connectivity index (χ4v) is 2.35. The van der Waals surface area contributed by atoms with Crippen molar-refractivity contribution in [2.75, 3.05) is 0 Å². The van der Waals surface area contributed by atoms with Gasteiger partial charge in [-0.3, -0.25) is 4.79 Å². The van der Waals surface area contributed by atoms with E-state index in [2.05, 4.69) is 0 Å². The van der Waals surface area contributed by atoms with Crippen LogP contribution in [0.15, 0.2) is 0 Å². The van der Waals surface area contributed by atoms with Crippen molar-refractivity contribution < 1.29 is 9.59 Å². The van der Waals surface area contributed by atoms with E-state index in [9.17, 15) is 9.59 Å². The van der Waals surface area contributed by atoms with Gasteiger partial charge in [-0.25, -0.2) is 0 Å². The van der Waals surface area contributed by atoms with E-state index in [0.29, 0.717) is 17.6 Å². The van der Waals surface area contributed by atoms with Gasteiger partial charge in [-0.05, 0) is 18.8 Å². The van der Waals surface area contributed by atoms with Gasteiger partial charge in [-0.1, -0.05) is 6.92 Å². The summed E-state index contributed by atoms with van der Waals surface area (Å²) in [5.74, 6) is 1.46. The molecule has 2 heteroatoms. The van der Waals surface area contributed by atoms with Gasteiger partial charge in [0.05, 0.1) is 0 Å². The molecule has 0 radical (unpaired) electrons. The maximum absolute atomic E-state index is 11.1. The van der Waals surface area contributed by atoms with Gasteiger partial charge in [-0.15, -0.1) is 0 Å². The lowest BCUT2D eigenvalue weighted by Gasteiger charge is -2.21. The van der Waals surface area contributed by atoms with Crippen molar-refractivity contribution in [2.24, 2.45) is 23.7 Å². The van der Waals surface area contributed by atoms with Crippen LogP contribution in [0.25, 0.3) is 0 Å². The highest BCUT2D eigenvalue weighted by Gasteiger charge is 2.55. The molecule has 0 heterocycles. The Morgan fingerprint density at radius 3 is 2.82 bits per heavy atom. The predicted molar refractivity (Wildman–Crippen MR) is 39.9 cm³/mol. The summed E-state index contributed by atoms with van der Waals surface area (Å²) in [4.78, 5) is 21.6. The van der Waals surface area contributed by atoms with E-state index in [1.165, 1.54) is 0 Å². The topological polar surface area (TPSA) is 34.1 Å². The average Bonchev–Trinajstić information content (AvgIpc) is 2.64. The second kappa shape index (κ2) is 2.16. The summed E-state index contributed by atoms with van der Waals surface area (Å²) in [7, 11) is 0. The summed E-state index contributed by atoms with van der Waals surface area (Å²) in [5.41, 5.74) is 0. The zero-order valence-electron chi connectivity index (χ0n) is 6.62. The highest BCUT2D eigenvalue weighted by atomic mass is 16.1. The van der Waals surface area contributed by atoms with Crippen molar-refractivity contribution in [2.45, 2.75) is 19.8 Å². The minimum atomic E-state index is 0.155. The van der Waals surface area contributed by atoms with Crippen molar-refractivity contribution >= 4 is 12.1 Å². The molecule has 4 atom stereocenters. The third-order valence-corrected chi connectivity index (χ3v) is 3.25. The first-order valence-corrected chi connectivity index (χ1v) is 4.24. The molecule has 0 aliphatic heterocycles. The van der Waals surface area contributed by atoms with Crippen LogP contribution in [0.5, 0.6) is 0 Å². The molecule has 0 spiro atoms. The van der Waals surface area contributed by atoms with E-state index < -0.39 is 0 Å². The standard InChI is InChI=1S/C9H12O2/c1-5-6(4-10)2-3-7-8(5)9(7)11/h4-8H,2-3H2,1H3. The lowest BCUT2D eigenvalue weighted by molar-refractivity contribution is -0.113. The lowest BCUT2D eigenvalue weighted by atomic mass is 9.81. The highest BCUT2D eigenvalue weighted by Crippen LogP contribution is 2.50. The van der Waals surface area contributed by atoms with E-state index >= 15 is 0 Å². The minimum Gasteiger partial charge on any atom is -0.303 e. The Kier molecular flexibility index (Phi) is 1.38. The van der Waals surface area contributed by atoms with Crippen molar-refractivity contribution in [3.8, 4) is 0 Å². The number of fused-ring (bicyclic) bond motifs is 1. The summed E-state index contributed by atoms with van der Waals surface area (Å²) < 4.78 is 0. The van der Waals surface area contributed by atoms with Gasteiger partial charge in [0.1, 0.15) is 12.1 Å².